The smallest absolute Gasteiger partial charge is 0.170 e. The van der Waals surface area contributed by atoms with Crippen LogP contribution in [0.2, 0.25) is 0 Å². The van der Waals surface area contributed by atoms with Gasteiger partial charge in [-0.3, -0.25) is 4.79 Å². The first kappa shape index (κ1) is 18.0. The molecule has 0 saturated carbocycles. The van der Waals surface area contributed by atoms with E-state index in [2.05, 4.69) is 18.3 Å². The Hall–Kier alpha value is -1.35. The van der Waals surface area contributed by atoms with Crippen LogP contribution < -0.4 is 10.1 Å². The minimum absolute atomic E-state index is 0.189. The molecule has 0 unspecified atom stereocenters. The molecule has 23 heavy (non-hydrogen) atoms. The first-order valence-electron chi connectivity index (χ1n) is 9.08. The van der Waals surface area contributed by atoms with Crippen molar-refractivity contribution in [3.8, 4) is 5.75 Å². The SMILES string of the molecule is CCCCCCCCNCc1ccc2c(c1)C(=O)CC(C)(C)O2. The maximum absolute atomic E-state index is 12.3. The molecule has 1 N–H and O–H groups in total. The summed E-state index contributed by atoms with van der Waals surface area (Å²) in [6.45, 7) is 8.03. The van der Waals surface area contributed by atoms with Gasteiger partial charge in [0.05, 0.1) is 12.0 Å². The van der Waals surface area contributed by atoms with Crippen LogP contribution >= 0.6 is 0 Å². The minimum atomic E-state index is -0.387. The Morgan fingerprint density at radius 2 is 1.87 bits per heavy atom. The van der Waals surface area contributed by atoms with Crippen LogP contribution in [0.1, 0.15) is 81.6 Å². The molecule has 2 rings (SSSR count). The van der Waals surface area contributed by atoms with Gasteiger partial charge in [-0.2, -0.15) is 0 Å². The number of fused-ring (bicyclic) bond motifs is 1. The number of nitrogens with one attached hydrogen (secondary N) is 1. The molecule has 0 saturated heterocycles. The Morgan fingerprint density at radius 1 is 1.13 bits per heavy atom. The highest BCUT2D eigenvalue weighted by Crippen LogP contribution is 2.33. The van der Waals surface area contributed by atoms with E-state index >= 15 is 0 Å². The second-order valence-corrected chi connectivity index (χ2v) is 7.24. The van der Waals surface area contributed by atoms with E-state index in [0.717, 1.165) is 30.0 Å². The fraction of sp³-hybridized carbons (Fsp3) is 0.650. The molecule has 0 aliphatic carbocycles. The van der Waals surface area contributed by atoms with Crippen LogP contribution in [-0.4, -0.2) is 17.9 Å². The van der Waals surface area contributed by atoms with Gasteiger partial charge in [-0.05, 0) is 44.5 Å². The van der Waals surface area contributed by atoms with E-state index in [4.69, 9.17) is 4.74 Å². The molecule has 0 aromatic heterocycles. The predicted molar refractivity (Wildman–Crippen MR) is 95.2 cm³/mol. The van der Waals surface area contributed by atoms with Crippen molar-refractivity contribution in [2.24, 2.45) is 0 Å². The van der Waals surface area contributed by atoms with Crippen LogP contribution in [0.3, 0.4) is 0 Å². The van der Waals surface area contributed by atoms with Gasteiger partial charge < -0.3 is 10.1 Å². The summed E-state index contributed by atoms with van der Waals surface area (Å²) in [5.41, 5.74) is 1.51. The second-order valence-electron chi connectivity index (χ2n) is 7.24. The van der Waals surface area contributed by atoms with Crippen molar-refractivity contribution in [2.75, 3.05) is 6.54 Å². The number of ether oxygens (including phenoxy) is 1. The van der Waals surface area contributed by atoms with Gasteiger partial charge in [-0.1, -0.05) is 45.1 Å². The first-order valence-corrected chi connectivity index (χ1v) is 9.08. The van der Waals surface area contributed by atoms with E-state index in [0.29, 0.717) is 6.42 Å². The van der Waals surface area contributed by atoms with E-state index in [1.807, 2.05) is 26.0 Å². The molecule has 0 atom stereocenters. The van der Waals surface area contributed by atoms with Crippen LogP contribution in [0.5, 0.6) is 5.75 Å². The van der Waals surface area contributed by atoms with Crippen molar-refractivity contribution < 1.29 is 9.53 Å². The highest BCUT2D eigenvalue weighted by molar-refractivity contribution is 6.00. The van der Waals surface area contributed by atoms with Gasteiger partial charge in [0, 0.05) is 6.54 Å². The highest BCUT2D eigenvalue weighted by atomic mass is 16.5. The summed E-state index contributed by atoms with van der Waals surface area (Å²) in [5.74, 6) is 0.917. The number of unbranched alkanes of at least 4 members (excludes halogenated alkanes) is 5. The van der Waals surface area contributed by atoms with Crippen LogP contribution in [0, 0.1) is 0 Å². The summed E-state index contributed by atoms with van der Waals surface area (Å²) in [6, 6.07) is 5.98. The molecular weight excluding hydrogens is 286 g/mol. The third-order valence-electron chi connectivity index (χ3n) is 4.35. The molecule has 0 amide bonds. The van der Waals surface area contributed by atoms with E-state index in [-0.39, 0.29) is 11.4 Å². The Labute approximate surface area is 140 Å². The molecule has 1 aromatic rings. The fourth-order valence-corrected chi connectivity index (χ4v) is 3.07. The number of carbonyl (C=O) groups excluding carboxylic acids is 1. The molecule has 1 heterocycles. The van der Waals surface area contributed by atoms with Crippen LogP contribution in [0.15, 0.2) is 18.2 Å². The van der Waals surface area contributed by atoms with Gasteiger partial charge in [0.15, 0.2) is 5.78 Å². The van der Waals surface area contributed by atoms with Crippen molar-refractivity contribution in [3.05, 3.63) is 29.3 Å². The van der Waals surface area contributed by atoms with Crippen LogP contribution in [0.25, 0.3) is 0 Å². The summed E-state index contributed by atoms with van der Waals surface area (Å²) in [5, 5.41) is 3.48. The topological polar surface area (TPSA) is 38.3 Å². The van der Waals surface area contributed by atoms with Gasteiger partial charge in [0.1, 0.15) is 11.4 Å². The zero-order valence-electron chi connectivity index (χ0n) is 14.9. The van der Waals surface area contributed by atoms with E-state index in [1.54, 1.807) is 0 Å². The number of ketones is 1. The molecule has 1 aliphatic rings. The third kappa shape index (κ3) is 5.65. The lowest BCUT2D eigenvalue weighted by Gasteiger charge is -2.31. The Kier molecular flexibility index (Phi) is 6.64. The van der Waals surface area contributed by atoms with Gasteiger partial charge in [0.2, 0.25) is 0 Å². The number of hydrogen-bond donors (Lipinski definition) is 1. The van der Waals surface area contributed by atoms with Crippen LogP contribution in [0.4, 0.5) is 0 Å². The minimum Gasteiger partial charge on any atom is -0.487 e. The van der Waals surface area contributed by atoms with Crippen molar-refractivity contribution >= 4 is 5.78 Å². The lowest BCUT2D eigenvalue weighted by Crippen LogP contribution is -2.36. The van der Waals surface area contributed by atoms with Gasteiger partial charge in [-0.15, -0.1) is 0 Å². The third-order valence-corrected chi connectivity index (χ3v) is 4.35. The van der Waals surface area contributed by atoms with Crippen molar-refractivity contribution in [1.29, 1.82) is 0 Å². The maximum atomic E-state index is 12.3. The van der Waals surface area contributed by atoms with Gasteiger partial charge in [0.25, 0.3) is 0 Å². The lowest BCUT2D eigenvalue weighted by molar-refractivity contribution is 0.0620. The molecule has 3 nitrogen and oxygen atoms in total. The monoisotopic (exact) mass is 317 g/mol. The van der Waals surface area contributed by atoms with E-state index in [1.165, 1.54) is 38.5 Å². The highest BCUT2D eigenvalue weighted by Gasteiger charge is 2.32. The maximum Gasteiger partial charge on any atom is 0.170 e. The summed E-state index contributed by atoms with van der Waals surface area (Å²) >= 11 is 0. The summed E-state index contributed by atoms with van der Waals surface area (Å²) in [4.78, 5) is 12.3. The summed E-state index contributed by atoms with van der Waals surface area (Å²) in [6.07, 6.45) is 8.35. The average Bonchev–Trinajstić information content (AvgIpc) is 2.49. The molecule has 1 aromatic carbocycles. The number of rotatable bonds is 9. The molecular formula is C20H31NO2. The Balaban J connectivity index is 1.75. The molecule has 0 radical (unpaired) electrons. The Morgan fingerprint density at radius 3 is 2.65 bits per heavy atom. The van der Waals surface area contributed by atoms with E-state index in [9.17, 15) is 4.79 Å². The zero-order valence-corrected chi connectivity index (χ0v) is 14.9. The zero-order chi connectivity index (χ0) is 16.7. The molecule has 0 spiro atoms. The molecule has 0 bridgehead atoms. The molecule has 0 fully saturated rings. The van der Waals surface area contributed by atoms with E-state index < -0.39 is 0 Å². The number of carbonyl (C=O) groups is 1. The lowest BCUT2D eigenvalue weighted by atomic mass is 9.92. The summed E-state index contributed by atoms with van der Waals surface area (Å²) in [7, 11) is 0. The van der Waals surface area contributed by atoms with Crippen molar-refractivity contribution in [3.63, 3.8) is 0 Å². The molecule has 128 valence electrons. The Bertz CT molecular complexity index is 522. The first-order chi connectivity index (χ1) is 11.0. The average molecular weight is 317 g/mol. The van der Waals surface area contributed by atoms with Crippen molar-refractivity contribution in [1.82, 2.24) is 5.32 Å². The number of benzene rings is 1. The quantitative estimate of drug-likeness (QED) is 0.660. The van der Waals surface area contributed by atoms with Crippen molar-refractivity contribution in [2.45, 2.75) is 77.9 Å². The molecule has 1 aliphatic heterocycles. The predicted octanol–water partition coefficient (Wildman–Crippen LogP) is 4.88. The van der Waals surface area contributed by atoms with Gasteiger partial charge >= 0.3 is 0 Å². The van der Waals surface area contributed by atoms with Crippen LogP contribution in [-0.2, 0) is 6.54 Å². The van der Waals surface area contributed by atoms with Gasteiger partial charge in [-0.25, -0.2) is 0 Å². The standard InChI is InChI=1S/C20H31NO2/c1-4-5-6-7-8-9-12-21-15-16-10-11-19-17(13-16)18(22)14-20(2,3)23-19/h10-11,13,21H,4-9,12,14-15H2,1-3H3. The normalized spacial score (nSPS) is 16.0. The number of hydrogen-bond acceptors (Lipinski definition) is 3. The molecule has 3 heteroatoms. The fourth-order valence-electron chi connectivity index (χ4n) is 3.07. The largest absolute Gasteiger partial charge is 0.487 e. The summed E-state index contributed by atoms with van der Waals surface area (Å²) < 4.78 is 5.89. The number of Topliss-reactive ketones (excluding diaryl/α,β-unsaturated/α-hetero) is 1. The second kappa shape index (κ2) is 8.49.